The van der Waals surface area contributed by atoms with Gasteiger partial charge in [-0.25, -0.2) is 0 Å². The summed E-state index contributed by atoms with van der Waals surface area (Å²) in [6, 6.07) is 0.569. The van der Waals surface area contributed by atoms with Crippen molar-refractivity contribution in [2.24, 2.45) is 0 Å². The zero-order chi connectivity index (χ0) is 8.81. The molecule has 0 aliphatic carbocycles. The number of hydrogen-bond donors (Lipinski definition) is 1. The van der Waals surface area contributed by atoms with Crippen LogP contribution in [0.5, 0.6) is 0 Å². The molecule has 0 spiro atoms. The van der Waals surface area contributed by atoms with Crippen LogP contribution in [0.2, 0.25) is 0 Å². The van der Waals surface area contributed by atoms with Gasteiger partial charge in [0.25, 0.3) is 0 Å². The van der Waals surface area contributed by atoms with Crippen molar-refractivity contribution >= 4 is 0 Å². The Kier molecular flexibility index (Phi) is 4.33. The Bertz CT molecular complexity index is 137. The van der Waals surface area contributed by atoms with Crippen LogP contribution >= 0.6 is 0 Å². The van der Waals surface area contributed by atoms with Crippen LogP contribution in [0.15, 0.2) is 12.2 Å². The Morgan fingerprint density at radius 1 is 1.58 bits per heavy atom. The fraction of sp³-hybridized carbons (Fsp3) is 0.800. The summed E-state index contributed by atoms with van der Waals surface area (Å²) in [6.07, 6.45) is 7.13. The third-order valence-electron chi connectivity index (χ3n) is 1.96. The van der Waals surface area contributed by atoms with E-state index in [2.05, 4.69) is 31.3 Å². The normalized spacial score (nSPS) is 24.4. The molecule has 1 atom stereocenters. The SMILES string of the molecule is CC(C)NC/C=C/C1CCCO1. The summed E-state index contributed by atoms with van der Waals surface area (Å²) in [5, 5.41) is 3.33. The van der Waals surface area contributed by atoms with Crippen molar-refractivity contribution in [2.45, 2.75) is 38.8 Å². The van der Waals surface area contributed by atoms with Crippen molar-refractivity contribution in [3.8, 4) is 0 Å². The summed E-state index contributed by atoms with van der Waals surface area (Å²) in [5.74, 6) is 0. The number of nitrogens with one attached hydrogen (secondary N) is 1. The van der Waals surface area contributed by atoms with E-state index in [9.17, 15) is 0 Å². The van der Waals surface area contributed by atoms with Gasteiger partial charge >= 0.3 is 0 Å². The molecule has 2 heteroatoms. The molecule has 0 aromatic carbocycles. The minimum atomic E-state index is 0.388. The van der Waals surface area contributed by atoms with E-state index < -0.39 is 0 Å². The van der Waals surface area contributed by atoms with Crippen LogP contribution in [0, 0.1) is 0 Å². The van der Waals surface area contributed by atoms with Crippen molar-refractivity contribution < 1.29 is 4.74 Å². The minimum absolute atomic E-state index is 0.388. The summed E-state index contributed by atoms with van der Waals surface area (Å²) in [5.41, 5.74) is 0. The van der Waals surface area contributed by atoms with Gasteiger partial charge in [-0.2, -0.15) is 0 Å². The van der Waals surface area contributed by atoms with Crippen LogP contribution in [-0.2, 0) is 4.74 Å². The van der Waals surface area contributed by atoms with Gasteiger partial charge in [-0.3, -0.25) is 0 Å². The predicted octanol–water partition coefficient (Wildman–Crippen LogP) is 1.72. The van der Waals surface area contributed by atoms with Crippen LogP contribution in [0.4, 0.5) is 0 Å². The Morgan fingerprint density at radius 3 is 3.00 bits per heavy atom. The van der Waals surface area contributed by atoms with Gasteiger partial charge in [-0.1, -0.05) is 26.0 Å². The van der Waals surface area contributed by atoms with Crippen LogP contribution in [-0.4, -0.2) is 25.3 Å². The van der Waals surface area contributed by atoms with Gasteiger partial charge in [0, 0.05) is 19.2 Å². The molecule has 0 radical (unpaired) electrons. The van der Waals surface area contributed by atoms with E-state index in [0.29, 0.717) is 12.1 Å². The molecule has 1 rings (SSSR count). The van der Waals surface area contributed by atoms with Crippen LogP contribution in [0.3, 0.4) is 0 Å². The van der Waals surface area contributed by atoms with E-state index in [1.165, 1.54) is 12.8 Å². The molecule has 1 saturated heterocycles. The molecule has 1 aliphatic rings. The number of hydrogen-bond acceptors (Lipinski definition) is 2. The fourth-order valence-corrected chi connectivity index (χ4v) is 1.28. The van der Waals surface area contributed by atoms with Crippen LogP contribution in [0.1, 0.15) is 26.7 Å². The lowest BCUT2D eigenvalue weighted by Crippen LogP contribution is -2.22. The molecular weight excluding hydrogens is 150 g/mol. The lowest BCUT2D eigenvalue weighted by molar-refractivity contribution is 0.145. The Balaban J connectivity index is 2.04. The second kappa shape index (κ2) is 5.33. The summed E-state index contributed by atoms with van der Waals surface area (Å²) in [7, 11) is 0. The molecule has 1 N–H and O–H groups in total. The predicted molar refractivity (Wildman–Crippen MR) is 51.3 cm³/mol. The zero-order valence-corrected chi connectivity index (χ0v) is 8.05. The average molecular weight is 169 g/mol. The second-order valence-corrected chi connectivity index (χ2v) is 3.54. The summed E-state index contributed by atoms with van der Waals surface area (Å²) in [6.45, 7) is 6.20. The maximum atomic E-state index is 5.45. The first-order valence-electron chi connectivity index (χ1n) is 4.80. The van der Waals surface area contributed by atoms with Crippen molar-refractivity contribution in [3.63, 3.8) is 0 Å². The van der Waals surface area contributed by atoms with Gasteiger partial charge in [-0.05, 0) is 12.8 Å². The Morgan fingerprint density at radius 2 is 2.42 bits per heavy atom. The molecule has 1 fully saturated rings. The third-order valence-corrected chi connectivity index (χ3v) is 1.96. The highest BCUT2D eigenvalue weighted by atomic mass is 16.5. The van der Waals surface area contributed by atoms with Gasteiger partial charge in [0.2, 0.25) is 0 Å². The van der Waals surface area contributed by atoms with Gasteiger partial charge in [0.15, 0.2) is 0 Å². The maximum Gasteiger partial charge on any atom is 0.0757 e. The van der Waals surface area contributed by atoms with E-state index >= 15 is 0 Å². The standard InChI is InChI=1S/C10H19NO/c1-9(2)11-7-3-5-10-6-4-8-12-10/h3,5,9-11H,4,6-8H2,1-2H3/b5-3+. The molecular formula is C10H19NO. The molecule has 0 aromatic rings. The van der Waals surface area contributed by atoms with Crippen molar-refractivity contribution in [3.05, 3.63) is 12.2 Å². The summed E-state index contributed by atoms with van der Waals surface area (Å²) >= 11 is 0. The van der Waals surface area contributed by atoms with Crippen molar-refractivity contribution in [1.29, 1.82) is 0 Å². The van der Waals surface area contributed by atoms with Crippen LogP contribution < -0.4 is 5.32 Å². The van der Waals surface area contributed by atoms with E-state index in [1.807, 2.05) is 0 Å². The molecule has 1 heterocycles. The highest BCUT2D eigenvalue weighted by Crippen LogP contribution is 2.12. The van der Waals surface area contributed by atoms with Gasteiger partial charge in [0.05, 0.1) is 6.10 Å². The Hall–Kier alpha value is -0.340. The summed E-state index contributed by atoms with van der Waals surface area (Å²) < 4.78 is 5.45. The molecule has 12 heavy (non-hydrogen) atoms. The van der Waals surface area contributed by atoms with Crippen molar-refractivity contribution in [1.82, 2.24) is 5.32 Å². The first-order valence-corrected chi connectivity index (χ1v) is 4.80. The lowest BCUT2D eigenvalue weighted by Gasteiger charge is -2.05. The zero-order valence-electron chi connectivity index (χ0n) is 8.05. The van der Waals surface area contributed by atoms with Crippen molar-refractivity contribution in [2.75, 3.05) is 13.2 Å². The molecule has 1 unspecified atom stereocenters. The largest absolute Gasteiger partial charge is 0.374 e. The topological polar surface area (TPSA) is 21.3 Å². The van der Waals surface area contributed by atoms with Gasteiger partial charge in [0.1, 0.15) is 0 Å². The molecule has 1 aliphatic heterocycles. The molecule has 0 bridgehead atoms. The molecule has 0 saturated carbocycles. The van der Waals surface area contributed by atoms with E-state index in [4.69, 9.17) is 4.74 Å². The van der Waals surface area contributed by atoms with Crippen LogP contribution in [0.25, 0.3) is 0 Å². The number of rotatable bonds is 4. The first-order chi connectivity index (χ1) is 5.79. The summed E-state index contributed by atoms with van der Waals surface area (Å²) in [4.78, 5) is 0. The maximum absolute atomic E-state index is 5.45. The minimum Gasteiger partial charge on any atom is -0.374 e. The third kappa shape index (κ3) is 3.88. The number of ether oxygens (including phenoxy) is 1. The molecule has 2 nitrogen and oxygen atoms in total. The lowest BCUT2D eigenvalue weighted by atomic mass is 10.2. The van der Waals surface area contributed by atoms with E-state index in [0.717, 1.165) is 13.2 Å². The quantitative estimate of drug-likeness (QED) is 0.647. The smallest absolute Gasteiger partial charge is 0.0757 e. The highest BCUT2D eigenvalue weighted by Gasteiger charge is 2.10. The Labute approximate surface area is 75.0 Å². The van der Waals surface area contributed by atoms with Gasteiger partial charge < -0.3 is 10.1 Å². The first kappa shape index (κ1) is 9.75. The monoisotopic (exact) mass is 169 g/mol. The second-order valence-electron chi connectivity index (χ2n) is 3.54. The van der Waals surface area contributed by atoms with E-state index in [1.54, 1.807) is 0 Å². The molecule has 0 amide bonds. The van der Waals surface area contributed by atoms with E-state index in [-0.39, 0.29) is 0 Å². The molecule has 70 valence electrons. The van der Waals surface area contributed by atoms with Gasteiger partial charge in [-0.15, -0.1) is 0 Å². The molecule has 0 aromatic heterocycles. The average Bonchev–Trinajstić information content (AvgIpc) is 2.49. The fourth-order valence-electron chi connectivity index (χ4n) is 1.28. The highest BCUT2D eigenvalue weighted by molar-refractivity contribution is 4.92.